The first-order valence-corrected chi connectivity index (χ1v) is 12.9. The lowest BCUT2D eigenvalue weighted by atomic mass is 10.2. The van der Waals surface area contributed by atoms with E-state index >= 15 is 0 Å². The van der Waals surface area contributed by atoms with Crippen LogP contribution in [0.2, 0.25) is 25.7 Å². The number of ether oxygens (including phenoxy) is 3. The Bertz CT molecular complexity index is 654. The molecule has 0 saturated heterocycles. The number of carbonyl (C=O) groups excluding carboxylic acids is 1. The van der Waals surface area contributed by atoms with E-state index in [0.717, 1.165) is 12.1 Å². The lowest BCUT2D eigenvalue weighted by molar-refractivity contribution is 0.0203. The molecular weight excluding hydrogens is 360 g/mol. The Kier molecular flexibility index (Phi) is 7.06. The minimum Gasteiger partial charge on any atom is -0.466 e. The highest BCUT2D eigenvalue weighted by Gasteiger charge is 2.20. The van der Waals surface area contributed by atoms with Crippen LogP contribution in [-0.4, -0.2) is 43.0 Å². The van der Waals surface area contributed by atoms with Gasteiger partial charge in [-0.2, -0.15) is 0 Å². The third kappa shape index (κ3) is 6.90. The molecular formula is C14H21ClO6SSi. The van der Waals surface area contributed by atoms with Crippen molar-refractivity contribution in [2.24, 2.45) is 0 Å². The second kappa shape index (κ2) is 8.14. The first-order valence-electron chi connectivity index (χ1n) is 6.92. The molecule has 0 unspecified atom stereocenters. The summed E-state index contributed by atoms with van der Waals surface area (Å²) in [6, 6.07) is 4.84. The number of hydrogen-bond acceptors (Lipinski definition) is 6. The van der Waals surface area contributed by atoms with E-state index in [2.05, 4.69) is 24.4 Å². The van der Waals surface area contributed by atoms with Crippen molar-refractivity contribution >= 4 is 33.8 Å². The van der Waals surface area contributed by atoms with Crippen molar-refractivity contribution in [1.82, 2.24) is 0 Å². The Morgan fingerprint density at radius 3 is 2.43 bits per heavy atom. The summed E-state index contributed by atoms with van der Waals surface area (Å²) in [4.78, 5) is 11.2. The molecule has 0 N–H and O–H groups in total. The van der Waals surface area contributed by atoms with Crippen LogP contribution in [0.1, 0.15) is 10.4 Å². The van der Waals surface area contributed by atoms with Gasteiger partial charge in [-0.25, -0.2) is 13.2 Å². The van der Waals surface area contributed by atoms with Gasteiger partial charge in [0.05, 0.1) is 12.7 Å². The van der Waals surface area contributed by atoms with Crippen molar-refractivity contribution < 1.29 is 27.4 Å². The van der Waals surface area contributed by atoms with Crippen LogP contribution in [0.15, 0.2) is 23.1 Å². The van der Waals surface area contributed by atoms with Gasteiger partial charge >= 0.3 is 5.97 Å². The van der Waals surface area contributed by atoms with E-state index in [0.29, 0.717) is 6.61 Å². The van der Waals surface area contributed by atoms with Crippen LogP contribution in [-0.2, 0) is 18.5 Å². The predicted molar refractivity (Wildman–Crippen MR) is 90.4 cm³/mol. The van der Waals surface area contributed by atoms with Crippen molar-refractivity contribution in [3.63, 3.8) is 0 Å². The van der Waals surface area contributed by atoms with Crippen LogP contribution in [0.25, 0.3) is 0 Å². The van der Waals surface area contributed by atoms with Gasteiger partial charge in [-0.3, -0.25) is 0 Å². The van der Waals surface area contributed by atoms with E-state index in [4.69, 9.17) is 20.2 Å². The molecule has 0 aliphatic carbocycles. The van der Waals surface area contributed by atoms with Crippen LogP contribution >= 0.6 is 10.7 Å². The molecule has 1 aromatic rings. The average molecular weight is 381 g/mol. The smallest absolute Gasteiger partial charge is 0.337 e. The molecule has 1 rings (SSSR count). The molecule has 0 amide bonds. The van der Waals surface area contributed by atoms with Crippen LogP contribution in [0.3, 0.4) is 0 Å². The van der Waals surface area contributed by atoms with Gasteiger partial charge in [0.1, 0.15) is 10.6 Å². The van der Waals surface area contributed by atoms with E-state index in [1.165, 1.54) is 19.2 Å². The molecule has 0 aromatic heterocycles. The number of benzene rings is 1. The van der Waals surface area contributed by atoms with E-state index in [1.54, 1.807) is 0 Å². The Morgan fingerprint density at radius 2 is 1.91 bits per heavy atom. The zero-order chi connectivity index (χ0) is 17.7. The predicted octanol–water partition coefficient (Wildman–Crippen LogP) is 3.09. The molecule has 0 radical (unpaired) electrons. The number of hydrogen-bond donors (Lipinski definition) is 0. The molecule has 0 aliphatic rings. The molecule has 0 spiro atoms. The fourth-order valence-corrected chi connectivity index (χ4v) is 3.36. The summed E-state index contributed by atoms with van der Waals surface area (Å²) in [6.07, 6.45) is 0. The Balaban J connectivity index is 2.80. The summed E-state index contributed by atoms with van der Waals surface area (Å²) in [6.45, 7) is 7.11. The SMILES string of the molecule is COC(=O)c1ccc(OCOCC[Si](C)(C)C)c(S(=O)(=O)Cl)c1. The van der Waals surface area contributed by atoms with E-state index in [1.807, 2.05) is 0 Å². The summed E-state index contributed by atoms with van der Waals surface area (Å²) in [5.74, 6) is -0.634. The zero-order valence-electron chi connectivity index (χ0n) is 13.6. The molecule has 6 nitrogen and oxygen atoms in total. The number of methoxy groups -OCH3 is 1. The maximum absolute atomic E-state index is 11.6. The first kappa shape index (κ1) is 20.0. The number of halogens is 1. The first-order chi connectivity index (χ1) is 10.5. The van der Waals surface area contributed by atoms with Crippen molar-refractivity contribution in [3.05, 3.63) is 23.8 Å². The minimum absolute atomic E-state index is 0.0284. The van der Waals surface area contributed by atoms with E-state index < -0.39 is 23.1 Å². The average Bonchev–Trinajstić information content (AvgIpc) is 2.44. The second-order valence-corrected chi connectivity index (χ2v) is 14.2. The summed E-state index contributed by atoms with van der Waals surface area (Å²) < 4.78 is 38.5. The Labute approximate surface area is 142 Å². The van der Waals surface area contributed by atoms with Gasteiger partial charge in [0.25, 0.3) is 9.05 Å². The quantitative estimate of drug-likeness (QED) is 0.227. The largest absolute Gasteiger partial charge is 0.466 e. The van der Waals surface area contributed by atoms with Gasteiger partial charge in [0.2, 0.25) is 0 Å². The molecule has 0 atom stereocenters. The van der Waals surface area contributed by atoms with Crippen molar-refractivity contribution in [2.75, 3.05) is 20.5 Å². The third-order valence-electron chi connectivity index (χ3n) is 2.92. The molecule has 9 heteroatoms. The molecule has 0 aliphatic heterocycles. The number of esters is 1. The van der Waals surface area contributed by atoms with Crippen molar-refractivity contribution in [3.8, 4) is 5.75 Å². The summed E-state index contributed by atoms with van der Waals surface area (Å²) in [5, 5.41) is 0. The molecule has 0 saturated carbocycles. The van der Waals surface area contributed by atoms with Gasteiger partial charge in [0, 0.05) is 25.4 Å². The Hall–Kier alpha value is -1.09. The number of carbonyl (C=O) groups is 1. The molecule has 0 heterocycles. The molecule has 0 fully saturated rings. The van der Waals surface area contributed by atoms with E-state index in [9.17, 15) is 13.2 Å². The monoisotopic (exact) mass is 380 g/mol. The lowest BCUT2D eigenvalue weighted by Gasteiger charge is -2.16. The van der Waals surface area contributed by atoms with Gasteiger partial charge in [-0.05, 0) is 24.2 Å². The van der Waals surface area contributed by atoms with E-state index in [-0.39, 0.29) is 23.0 Å². The second-order valence-electron chi connectivity index (χ2n) is 6.07. The fourth-order valence-electron chi connectivity index (χ4n) is 1.61. The summed E-state index contributed by atoms with van der Waals surface area (Å²) in [5.41, 5.74) is 0.0683. The highest BCUT2D eigenvalue weighted by atomic mass is 35.7. The highest BCUT2D eigenvalue weighted by Crippen LogP contribution is 2.28. The summed E-state index contributed by atoms with van der Waals surface area (Å²) in [7, 11) is 1.32. The zero-order valence-corrected chi connectivity index (χ0v) is 16.2. The molecule has 23 heavy (non-hydrogen) atoms. The van der Waals surface area contributed by atoms with Crippen LogP contribution in [0, 0.1) is 0 Å². The van der Waals surface area contributed by atoms with Gasteiger partial charge < -0.3 is 14.2 Å². The van der Waals surface area contributed by atoms with Crippen LogP contribution in [0.4, 0.5) is 0 Å². The molecule has 0 bridgehead atoms. The maximum Gasteiger partial charge on any atom is 0.337 e. The van der Waals surface area contributed by atoms with Crippen molar-refractivity contribution in [1.29, 1.82) is 0 Å². The number of rotatable bonds is 8. The normalized spacial score (nSPS) is 12.0. The van der Waals surface area contributed by atoms with Gasteiger partial charge in [-0.1, -0.05) is 19.6 Å². The highest BCUT2D eigenvalue weighted by molar-refractivity contribution is 8.13. The molecule has 1 aromatic carbocycles. The lowest BCUT2D eigenvalue weighted by Crippen LogP contribution is -2.22. The maximum atomic E-state index is 11.6. The fraction of sp³-hybridized carbons (Fsp3) is 0.500. The van der Waals surface area contributed by atoms with Gasteiger partial charge in [0.15, 0.2) is 6.79 Å². The van der Waals surface area contributed by atoms with Crippen LogP contribution < -0.4 is 4.74 Å². The Morgan fingerprint density at radius 1 is 1.26 bits per heavy atom. The minimum atomic E-state index is -4.07. The van der Waals surface area contributed by atoms with Crippen LogP contribution in [0.5, 0.6) is 5.75 Å². The van der Waals surface area contributed by atoms with Crippen molar-refractivity contribution in [2.45, 2.75) is 30.6 Å². The van der Waals surface area contributed by atoms with Gasteiger partial charge in [-0.15, -0.1) is 0 Å². The summed E-state index contributed by atoms with van der Waals surface area (Å²) >= 11 is 0. The third-order valence-corrected chi connectivity index (χ3v) is 5.97. The molecule has 130 valence electrons. The topological polar surface area (TPSA) is 78.9 Å². The standard InChI is InChI=1S/C14H21ClO6SSi/c1-19-14(16)11-5-6-12(13(9-11)22(15,17)18)21-10-20-7-8-23(2,3)4/h5-6,9H,7-8,10H2,1-4H3.